The highest BCUT2D eigenvalue weighted by Gasteiger charge is 2.18. The van der Waals surface area contributed by atoms with Crippen molar-refractivity contribution in [1.29, 1.82) is 0 Å². The molecule has 1 N–H and O–H groups in total. The lowest BCUT2D eigenvalue weighted by Gasteiger charge is -2.16. The number of hydrogen-bond acceptors (Lipinski definition) is 5. The van der Waals surface area contributed by atoms with Crippen molar-refractivity contribution in [3.05, 3.63) is 59.2 Å². The lowest BCUT2D eigenvalue weighted by atomic mass is 10.1. The standard InChI is InChI=1S/C20H19ClN2O3.ClH/c1-3-25-18-8-6-5-7-17(18)23-19-14-11-13(21)9-10-16(14)22-12-15(19)20(24)26-4-2;/h5-12H,3-4H2,1-2H3,(H,22,23);1H/p-1. The molecule has 0 fully saturated rings. The van der Waals surface area contributed by atoms with Gasteiger partial charge in [-0.15, -0.1) is 0 Å². The summed E-state index contributed by atoms with van der Waals surface area (Å²) in [5.74, 6) is 0.245. The first-order valence-electron chi connectivity index (χ1n) is 8.38. The van der Waals surface area contributed by atoms with Gasteiger partial charge in [-0.25, -0.2) is 4.79 Å². The van der Waals surface area contributed by atoms with E-state index in [0.29, 0.717) is 28.6 Å². The van der Waals surface area contributed by atoms with Gasteiger partial charge in [-0.05, 0) is 44.2 Å². The van der Waals surface area contributed by atoms with Gasteiger partial charge in [0.2, 0.25) is 0 Å². The molecule has 3 rings (SSSR count). The van der Waals surface area contributed by atoms with Crippen LogP contribution in [0.5, 0.6) is 5.75 Å². The number of para-hydroxylation sites is 2. The summed E-state index contributed by atoms with van der Waals surface area (Å²) < 4.78 is 10.9. The van der Waals surface area contributed by atoms with Gasteiger partial charge in [-0.1, -0.05) is 23.7 Å². The monoisotopic (exact) mass is 405 g/mol. The van der Waals surface area contributed by atoms with Crippen molar-refractivity contribution in [3.8, 4) is 5.75 Å². The average molecular weight is 406 g/mol. The molecule has 0 bridgehead atoms. The van der Waals surface area contributed by atoms with Crippen LogP contribution in [0.4, 0.5) is 11.4 Å². The zero-order valence-corrected chi connectivity index (χ0v) is 16.5. The van der Waals surface area contributed by atoms with Crippen LogP contribution in [0, 0.1) is 0 Å². The van der Waals surface area contributed by atoms with Crippen molar-refractivity contribution in [2.45, 2.75) is 13.8 Å². The van der Waals surface area contributed by atoms with Gasteiger partial charge in [0.05, 0.1) is 30.1 Å². The summed E-state index contributed by atoms with van der Waals surface area (Å²) >= 11 is 6.17. The first-order valence-corrected chi connectivity index (χ1v) is 8.76. The molecular formula is C20H19Cl2N2O3-. The van der Waals surface area contributed by atoms with Crippen molar-refractivity contribution in [3.63, 3.8) is 0 Å². The Morgan fingerprint density at radius 3 is 2.67 bits per heavy atom. The number of rotatable bonds is 6. The predicted octanol–water partition coefficient (Wildman–Crippen LogP) is 2.21. The van der Waals surface area contributed by atoms with Crippen molar-refractivity contribution < 1.29 is 26.7 Å². The van der Waals surface area contributed by atoms with E-state index >= 15 is 0 Å². The number of aromatic nitrogens is 1. The Kier molecular flexibility index (Phi) is 7.28. The van der Waals surface area contributed by atoms with Gasteiger partial charge in [0.15, 0.2) is 0 Å². The number of ether oxygens (including phenoxy) is 2. The van der Waals surface area contributed by atoms with Crippen LogP contribution in [-0.2, 0) is 4.74 Å². The SMILES string of the molecule is CCOC(=O)c1cnc2ccc(Cl)cc2c1Nc1ccccc1OCC.[Cl-]. The van der Waals surface area contributed by atoms with E-state index in [4.69, 9.17) is 21.1 Å². The number of nitrogens with one attached hydrogen (secondary N) is 1. The molecule has 1 heterocycles. The molecule has 5 nitrogen and oxygen atoms in total. The van der Waals surface area contributed by atoms with E-state index < -0.39 is 5.97 Å². The zero-order valence-electron chi connectivity index (χ0n) is 15.0. The predicted molar refractivity (Wildman–Crippen MR) is 104 cm³/mol. The van der Waals surface area contributed by atoms with Crippen LogP contribution in [0.25, 0.3) is 10.9 Å². The molecule has 0 radical (unpaired) electrons. The second kappa shape index (κ2) is 9.44. The summed E-state index contributed by atoms with van der Waals surface area (Å²) in [5, 5.41) is 4.60. The first-order chi connectivity index (χ1) is 12.6. The maximum atomic E-state index is 12.4. The van der Waals surface area contributed by atoms with Crippen molar-refractivity contribution in [2.24, 2.45) is 0 Å². The number of anilines is 2. The summed E-state index contributed by atoms with van der Waals surface area (Å²) in [7, 11) is 0. The normalized spacial score (nSPS) is 10.2. The minimum Gasteiger partial charge on any atom is -1.00 e. The fourth-order valence-corrected chi connectivity index (χ4v) is 2.82. The molecule has 27 heavy (non-hydrogen) atoms. The third-order valence-electron chi connectivity index (χ3n) is 3.77. The van der Waals surface area contributed by atoms with Crippen LogP contribution in [0.3, 0.4) is 0 Å². The Morgan fingerprint density at radius 2 is 1.93 bits per heavy atom. The molecule has 0 unspecified atom stereocenters. The summed E-state index contributed by atoms with van der Waals surface area (Å²) in [6, 6.07) is 12.9. The van der Waals surface area contributed by atoms with Crippen LogP contribution in [0.1, 0.15) is 24.2 Å². The summed E-state index contributed by atoms with van der Waals surface area (Å²) in [6.45, 7) is 4.50. The van der Waals surface area contributed by atoms with Crippen LogP contribution >= 0.6 is 11.6 Å². The van der Waals surface area contributed by atoms with Gasteiger partial charge in [0, 0.05) is 16.6 Å². The number of halogens is 2. The Balaban J connectivity index is 0.00000261. The molecule has 0 aliphatic heterocycles. The summed E-state index contributed by atoms with van der Waals surface area (Å²) in [4.78, 5) is 16.8. The van der Waals surface area contributed by atoms with Gasteiger partial charge in [-0.2, -0.15) is 0 Å². The number of benzene rings is 2. The fraction of sp³-hybridized carbons (Fsp3) is 0.200. The van der Waals surface area contributed by atoms with E-state index in [-0.39, 0.29) is 19.0 Å². The molecule has 142 valence electrons. The topological polar surface area (TPSA) is 60.5 Å². The smallest absolute Gasteiger partial charge is 0.341 e. The summed E-state index contributed by atoms with van der Waals surface area (Å²) in [5.41, 5.74) is 2.39. The average Bonchev–Trinajstić information content (AvgIpc) is 2.64. The fourth-order valence-electron chi connectivity index (χ4n) is 2.65. The maximum absolute atomic E-state index is 12.4. The first kappa shape index (κ1) is 20.8. The Morgan fingerprint density at radius 1 is 1.15 bits per heavy atom. The van der Waals surface area contributed by atoms with Gasteiger partial charge < -0.3 is 27.2 Å². The van der Waals surface area contributed by atoms with E-state index in [2.05, 4.69) is 10.3 Å². The number of fused-ring (bicyclic) bond motifs is 1. The number of esters is 1. The number of carbonyl (C=O) groups excluding carboxylic acids is 1. The number of hydrogen-bond donors (Lipinski definition) is 1. The van der Waals surface area contributed by atoms with E-state index in [9.17, 15) is 4.79 Å². The largest absolute Gasteiger partial charge is 1.00 e. The van der Waals surface area contributed by atoms with Gasteiger partial charge in [-0.3, -0.25) is 4.98 Å². The van der Waals surface area contributed by atoms with Crippen molar-refractivity contribution >= 4 is 39.8 Å². The highest BCUT2D eigenvalue weighted by atomic mass is 35.5. The molecule has 3 aromatic rings. The molecule has 0 saturated carbocycles. The molecule has 0 atom stereocenters. The minimum atomic E-state index is -0.446. The molecule has 0 spiro atoms. The van der Waals surface area contributed by atoms with Crippen LogP contribution in [0.15, 0.2) is 48.7 Å². The molecule has 0 amide bonds. The molecule has 1 aromatic heterocycles. The zero-order chi connectivity index (χ0) is 18.5. The van der Waals surface area contributed by atoms with E-state index in [1.807, 2.05) is 37.3 Å². The molecule has 0 saturated heterocycles. The number of nitrogens with zero attached hydrogens (tertiary/aromatic N) is 1. The van der Waals surface area contributed by atoms with E-state index in [0.717, 1.165) is 16.6 Å². The van der Waals surface area contributed by atoms with E-state index in [1.54, 1.807) is 19.1 Å². The lowest BCUT2D eigenvalue weighted by Crippen LogP contribution is -3.00. The number of carbonyl (C=O) groups is 1. The third kappa shape index (κ3) is 4.62. The second-order valence-corrected chi connectivity index (χ2v) is 5.92. The van der Waals surface area contributed by atoms with Crippen molar-refractivity contribution in [1.82, 2.24) is 4.98 Å². The molecule has 7 heteroatoms. The second-order valence-electron chi connectivity index (χ2n) is 5.48. The molecule has 2 aromatic carbocycles. The summed E-state index contributed by atoms with van der Waals surface area (Å²) in [6.07, 6.45) is 1.51. The Hall–Kier alpha value is -2.50. The molecule has 0 aliphatic carbocycles. The van der Waals surface area contributed by atoms with Crippen LogP contribution in [-0.4, -0.2) is 24.2 Å². The number of pyridine rings is 1. The van der Waals surface area contributed by atoms with Crippen LogP contribution < -0.4 is 22.5 Å². The molecule has 0 aliphatic rings. The van der Waals surface area contributed by atoms with Gasteiger partial charge >= 0.3 is 5.97 Å². The third-order valence-corrected chi connectivity index (χ3v) is 4.01. The lowest BCUT2D eigenvalue weighted by molar-refractivity contribution is -0.0000238. The quantitative estimate of drug-likeness (QED) is 0.637. The highest BCUT2D eigenvalue weighted by molar-refractivity contribution is 6.31. The van der Waals surface area contributed by atoms with Crippen molar-refractivity contribution in [2.75, 3.05) is 18.5 Å². The molecular weight excluding hydrogens is 387 g/mol. The Bertz CT molecular complexity index is 948. The highest BCUT2D eigenvalue weighted by Crippen LogP contribution is 2.34. The van der Waals surface area contributed by atoms with E-state index in [1.165, 1.54) is 6.20 Å². The minimum absolute atomic E-state index is 0. The van der Waals surface area contributed by atoms with Gasteiger partial charge in [0.25, 0.3) is 0 Å². The van der Waals surface area contributed by atoms with Crippen LogP contribution in [0.2, 0.25) is 5.02 Å². The Labute approximate surface area is 169 Å². The maximum Gasteiger partial charge on any atom is 0.341 e. The van der Waals surface area contributed by atoms with Gasteiger partial charge in [0.1, 0.15) is 11.3 Å².